The molecule has 3 nitrogen and oxygen atoms in total. The molecule has 19 heavy (non-hydrogen) atoms. The Balaban J connectivity index is 1.69. The van der Waals surface area contributed by atoms with Gasteiger partial charge in [-0.15, -0.1) is 0 Å². The molecule has 0 amide bonds. The van der Waals surface area contributed by atoms with Crippen molar-refractivity contribution in [2.45, 2.75) is 57.0 Å². The van der Waals surface area contributed by atoms with E-state index >= 15 is 0 Å². The number of ether oxygens (including phenoxy) is 1. The fraction of sp³-hybridized carbons (Fsp3) is 0.933. The molecule has 4 bridgehead atoms. The zero-order valence-corrected chi connectivity index (χ0v) is 12.6. The summed E-state index contributed by atoms with van der Waals surface area (Å²) in [6.07, 6.45) is 8.03. The van der Waals surface area contributed by atoms with Crippen molar-refractivity contribution in [3.05, 3.63) is 0 Å². The highest BCUT2D eigenvalue weighted by Crippen LogP contribution is 2.55. The average Bonchev–Trinajstić information content (AvgIpc) is 2.34. The number of carbonyl (C=O) groups excluding carboxylic acids is 1. The zero-order chi connectivity index (χ0) is 13.5. The van der Waals surface area contributed by atoms with E-state index in [1.54, 1.807) is 0 Å². The number of esters is 1. The molecular formula is C15H25NO2S. The number of carbonyl (C=O) groups is 1. The summed E-state index contributed by atoms with van der Waals surface area (Å²) in [6.45, 7) is 2.31. The Kier molecular flexibility index (Phi) is 3.82. The first-order valence-electron chi connectivity index (χ1n) is 7.69. The maximum Gasteiger partial charge on any atom is 0.323 e. The van der Waals surface area contributed by atoms with Crippen LogP contribution in [0.4, 0.5) is 0 Å². The third kappa shape index (κ3) is 2.66. The van der Waals surface area contributed by atoms with E-state index in [1.807, 2.05) is 6.92 Å². The number of hydrogen-bond acceptors (Lipinski definition) is 4. The van der Waals surface area contributed by atoms with Crippen LogP contribution in [0.2, 0.25) is 0 Å². The quantitative estimate of drug-likeness (QED) is 0.601. The molecule has 108 valence electrons. The van der Waals surface area contributed by atoms with Gasteiger partial charge < -0.3 is 4.74 Å². The molecule has 4 heteroatoms. The first-order chi connectivity index (χ1) is 9.14. The molecule has 0 aromatic rings. The molecule has 0 spiro atoms. The molecular weight excluding hydrogens is 258 g/mol. The zero-order valence-electron chi connectivity index (χ0n) is 11.7. The normalized spacial score (nSPS) is 41.3. The summed E-state index contributed by atoms with van der Waals surface area (Å²) in [4.78, 5) is 12.0. The van der Waals surface area contributed by atoms with Gasteiger partial charge in [0, 0.05) is 11.3 Å². The highest BCUT2D eigenvalue weighted by atomic mass is 32.1. The van der Waals surface area contributed by atoms with Crippen LogP contribution in [0.1, 0.15) is 45.4 Å². The van der Waals surface area contributed by atoms with Crippen molar-refractivity contribution in [2.24, 2.45) is 17.8 Å². The van der Waals surface area contributed by atoms with Crippen molar-refractivity contribution in [1.82, 2.24) is 5.32 Å². The van der Waals surface area contributed by atoms with Crippen LogP contribution < -0.4 is 5.32 Å². The van der Waals surface area contributed by atoms with Crippen LogP contribution in [-0.4, -0.2) is 29.9 Å². The summed E-state index contributed by atoms with van der Waals surface area (Å²) < 4.78 is 5.16. The van der Waals surface area contributed by atoms with Crippen molar-refractivity contribution in [3.8, 4) is 0 Å². The highest BCUT2D eigenvalue weighted by molar-refractivity contribution is 7.80. The molecule has 0 aromatic heterocycles. The maximum atomic E-state index is 12.0. The van der Waals surface area contributed by atoms with Crippen molar-refractivity contribution < 1.29 is 9.53 Å². The Hall–Kier alpha value is -0.220. The molecule has 0 unspecified atom stereocenters. The second-order valence-electron chi connectivity index (χ2n) is 6.83. The standard InChI is InChI=1S/C15H25NO2S/c1-2-18-14(17)13(9-19)16-15-6-10-3-11(7-15)5-12(4-10)8-15/h10-13,16,19H,2-9H2,1H3/t10?,11?,12?,13-,15?/m0/s1. The van der Waals surface area contributed by atoms with Crippen LogP contribution in [0.3, 0.4) is 0 Å². The molecule has 0 aliphatic heterocycles. The van der Waals surface area contributed by atoms with Crippen LogP contribution in [0, 0.1) is 17.8 Å². The predicted octanol–water partition coefficient (Wildman–Crippen LogP) is 2.41. The fourth-order valence-electron chi connectivity index (χ4n) is 5.08. The molecule has 4 aliphatic rings. The van der Waals surface area contributed by atoms with E-state index in [0.29, 0.717) is 12.4 Å². The van der Waals surface area contributed by atoms with E-state index in [0.717, 1.165) is 17.8 Å². The van der Waals surface area contributed by atoms with Gasteiger partial charge in [0.2, 0.25) is 0 Å². The first kappa shape index (κ1) is 13.7. The third-order valence-electron chi connectivity index (χ3n) is 5.27. The Morgan fingerprint density at radius 1 is 1.26 bits per heavy atom. The topological polar surface area (TPSA) is 38.3 Å². The van der Waals surface area contributed by atoms with Gasteiger partial charge >= 0.3 is 5.97 Å². The van der Waals surface area contributed by atoms with Crippen LogP contribution in [0.5, 0.6) is 0 Å². The molecule has 1 atom stereocenters. The second kappa shape index (κ2) is 5.28. The van der Waals surface area contributed by atoms with E-state index in [1.165, 1.54) is 38.5 Å². The average molecular weight is 283 g/mol. The number of rotatable bonds is 5. The SMILES string of the molecule is CCOC(=O)[C@H](CS)NC12CC3CC(CC(C3)C1)C2. The van der Waals surface area contributed by atoms with E-state index < -0.39 is 0 Å². The maximum absolute atomic E-state index is 12.0. The minimum absolute atomic E-state index is 0.131. The van der Waals surface area contributed by atoms with Gasteiger partial charge in [-0.05, 0) is 63.2 Å². The first-order valence-corrected chi connectivity index (χ1v) is 8.32. The van der Waals surface area contributed by atoms with Crippen LogP contribution in [0.15, 0.2) is 0 Å². The minimum atomic E-state index is -0.237. The van der Waals surface area contributed by atoms with Gasteiger partial charge in [0.25, 0.3) is 0 Å². The van der Waals surface area contributed by atoms with Crippen molar-refractivity contribution >= 4 is 18.6 Å². The highest BCUT2D eigenvalue weighted by Gasteiger charge is 2.51. The van der Waals surface area contributed by atoms with Gasteiger partial charge in [0.15, 0.2) is 0 Å². The van der Waals surface area contributed by atoms with Crippen molar-refractivity contribution in [1.29, 1.82) is 0 Å². The van der Waals surface area contributed by atoms with E-state index in [4.69, 9.17) is 4.74 Å². The molecule has 4 aliphatic carbocycles. The lowest BCUT2D eigenvalue weighted by Crippen LogP contribution is -2.62. The minimum Gasteiger partial charge on any atom is -0.465 e. The lowest BCUT2D eigenvalue weighted by molar-refractivity contribution is -0.146. The third-order valence-corrected chi connectivity index (χ3v) is 5.64. The molecule has 0 saturated heterocycles. The summed E-state index contributed by atoms with van der Waals surface area (Å²) in [7, 11) is 0. The monoisotopic (exact) mass is 283 g/mol. The Morgan fingerprint density at radius 2 is 1.79 bits per heavy atom. The molecule has 0 heterocycles. The number of nitrogens with one attached hydrogen (secondary N) is 1. The molecule has 0 radical (unpaired) electrons. The largest absolute Gasteiger partial charge is 0.465 e. The summed E-state index contributed by atoms with van der Waals surface area (Å²) in [6, 6.07) is -0.237. The van der Waals surface area contributed by atoms with Crippen LogP contribution >= 0.6 is 12.6 Å². The molecule has 1 N–H and O–H groups in total. The Labute approximate surface area is 121 Å². The summed E-state index contributed by atoms with van der Waals surface area (Å²) in [5, 5.41) is 3.64. The molecule has 4 rings (SSSR count). The Bertz CT molecular complexity index is 323. The van der Waals surface area contributed by atoms with E-state index in [9.17, 15) is 4.79 Å². The van der Waals surface area contributed by atoms with Gasteiger partial charge in [-0.25, -0.2) is 0 Å². The lowest BCUT2D eigenvalue weighted by atomic mass is 9.53. The number of hydrogen-bond donors (Lipinski definition) is 2. The smallest absolute Gasteiger partial charge is 0.323 e. The van der Waals surface area contributed by atoms with Gasteiger partial charge in [-0.2, -0.15) is 12.6 Å². The van der Waals surface area contributed by atoms with E-state index in [-0.39, 0.29) is 17.6 Å². The number of thiol groups is 1. The summed E-state index contributed by atoms with van der Waals surface area (Å²) >= 11 is 4.33. The van der Waals surface area contributed by atoms with Gasteiger partial charge in [0.1, 0.15) is 6.04 Å². The molecule has 4 saturated carbocycles. The van der Waals surface area contributed by atoms with Crippen LogP contribution in [-0.2, 0) is 9.53 Å². The summed E-state index contributed by atoms with van der Waals surface area (Å²) in [5.41, 5.74) is 0.203. The van der Waals surface area contributed by atoms with E-state index in [2.05, 4.69) is 17.9 Å². The summed E-state index contributed by atoms with van der Waals surface area (Å²) in [5.74, 6) is 3.07. The predicted molar refractivity (Wildman–Crippen MR) is 78.3 cm³/mol. The van der Waals surface area contributed by atoms with Crippen molar-refractivity contribution in [3.63, 3.8) is 0 Å². The lowest BCUT2D eigenvalue weighted by Gasteiger charge is -2.57. The fourth-order valence-corrected chi connectivity index (χ4v) is 5.32. The molecule has 4 fully saturated rings. The van der Waals surface area contributed by atoms with Crippen molar-refractivity contribution in [2.75, 3.05) is 12.4 Å². The Morgan fingerprint density at radius 3 is 2.21 bits per heavy atom. The molecule has 0 aromatic carbocycles. The van der Waals surface area contributed by atoms with Gasteiger partial charge in [0.05, 0.1) is 6.61 Å². The van der Waals surface area contributed by atoms with Gasteiger partial charge in [-0.3, -0.25) is 10.1 Å². The second-order valence-corrected chi connectivity index (χ2v) is 7.19. The van der Waals surface area contributed by atoms with Crippen LogP contribution in [0.25, 0.3) is 0 Å². The van der Waals surface area contributed by atoms with Gasteiger partial charge in [-0.1, -0.05) is 0 Å².